The summed E-state index contributed by atoms with van der Waals surface area (Å²) < 4.78 is 0. The van der Waals surface area contributed by atoms with Crippen LogP contribution in [0, 0.1) is 0 Å². The van der Waals surface area contributed by atoms with Crippen LogP contribution >= 0.6 is 11.6 Å². The fraction of sp³-hybridized carbons (Fsp3) is 0.429. The number of rotatable bonds is 6. The number of benzene rings is 1. The summed E-state index contributed by atoms with van der Waals surface area (Å²) in [7, 11) is 0. The average Bonchev–Trinajstić information content (AvgIpc) is 2.28. The predicted octanol–water partition coefficient (Wildman–Crippen LogP) is 4.43. The monoisotopic (exact) mass is 248 g/mol. The minimum Gasteiger partial charge on any atom is -1.00 e. The molecule has 0 aliphatic rings. The first-order valence-electron chi connectivity index (χ1n) is 5.58. The fourth-order valence-corrected chi connectivity index (χ4v) is 1.73. The van der Waals surface area contributed by atoms with Crippen LogP contribution in [0.3, 0.4) is 0 Å². The molecule has 0 heterocycles. The van der Waals surface area contributed by atoms with Crippen molar-refractivity contribution in [2.24, 2.45) is 0 Å². The molecule has 16 heavy (non-hydrogen) atoms. The van der Waals surface area contributed by atoms with Crippen LogP contribution in [0.15, 0.2) is 42.0 Å². The van der Waals surface area contributed by atoms with Gasteiger partial charge in [0.25, 0.3) is 0 Å². The molecule has 1 rings (SSSR count). The summed E-state index contributed by atoms with van der Waals surface area (Å²) in [6, 6.07) is 10.7. The summed E-state index contributed by atoms with van der Waals surface area (Å²) >= 11 is 5.63. The Morgan fingerprint density at radius 2 is 2.00 bits per heavy atom. The van der Waals surface area contributed by atoms with Crippen LogP contribution in [0.1, 0.15) is 34.6 Å². The minimum absolute atomic E-state index is 0. The Morgan fingerprint density at radius 1 is 1.31 bits per heavy atom. The summed E-state index contributed by atoms with van der Waals surface area (Å²) in [5.41, 5.74) is 2.90. The number of allylic oxidation sites excluding steroid dienone is 2. The Balaban J connectivity index is -0.000000750. The molecule has 0 saturated carbocycles. The van der Waals surface area contributed by atoms with Gasteiger partial charge in [0.05, 0.1) is 0 Å². The number of halogens is 1. The van der Waals surface area contributed by atoms with Gasteiger partial charge in [0.2, 0.25) is 0 Å². The molecular formula is C14H21ClMg. The smallest absolute Gasteiger partial charge is 1.00 e. The number of aryl methyl sites for hydroxylation is 1. The summed E-state index contributed by atoms with van der Waals surface area (Å²) in [6.45, 7) is 2.19. The van der Waals surface area contributed by atoms with Gasteiger partial charge in [0, 0.05) is 5.88 Å². The second-order valence-corrected chi connectivity index (χ2v) is 4.25. The molecule has 86 valence electrons. The molecule has 2 heteroatoms. The largest absolute Gasteiger partial charge is 2.00 e. The maximum Gasteiger partial charge on any atom is 2.00 e. The third kappa shape index (κ3) is 7.32. The normalized spacial score (nSPS) is 11.0. The van der Waals surface area contributed by atoms with Gasteiger partial charge < -0.3 is 2.85 Å². The van der Waals surface area contributed by atoms with E-state index in [-0.39, 0.29) is 25.9 Å². The van der Waals surface area contributed by atoms with Crippen molar-refractivity contribution in [3.8, 4) is 0 Å². The molecule has 0 amide bonds. The number of alkyl halides is 1. The van der Waals surface area contributed by atoms with E-state index in [1.165, 1.54) is 30.4 Å². The Hall–Kier alpha value is 0.0162. The van der Waals surface area contributed by atoms with Crippen LogP contribution in [0.2, 0.25) is 0 Å². The van der Waals surface area contributed by atoms with Crippen molar-refractivity contribution < 1.29 is 2.85 Å². The molecule has 0 atom stereocenters. The zero-order chi connectivity index (χ0) is 10.9. The van der Waals surface area contributed by atoms with Crippen molar-refractivity contribution >= 4 is 34.7 Å². The molecule has 0 unspecified atom stereocenters. The van der Waals surface area contributed by atoms with E-state index in [9.17, 15) is 0 Å². The van der Waals surface area contributed by atoms with Crippen LogP contribution in [0.4, 0.5) is 0 Å². The molecule has 1 aromatic rings. The van der Waals surface area contributed by atoms with E-state index in [0.717, 1.165) is 12.3 Å². The summed E-state index contributed by atoms with van der Waals surface area (Å²) in [5.74, 6) is 0.732. The molecule has 0 aromatic heterocycles. The second-order valence-electron chi connectivity index (χ2n) is 3.87. The van der Waals surface area contributed by atoms with E-state index in [0.29, 0.717) is 0 Å². The van der Waals surface area contributed by atoms with Gasteiger partial charge in [-0.3, -0.25) is 0 Å². The quantitative estimate of drug-likeness (QED) is 0.397. The SMILES string of the molecule is CC(=CCCCl)CCCc1ccccc1.[H-].[H-].[Mg+2]. The zero-order valence-electron chi connectivity index (χ0n) is 12.1. The van der Waals surface area contributed by atoms with Crippen LogP contribution in [0.5, 0.6) is 0 Å². The van der Waals surface area contributed by atoms with Crippen molar-refractivity contribution in [1.29, 1.82) is 0 Å². The van der Waals surface area contributed by atoms with E-state index >= 15 is 0 Å². The van der Waals surface area contributed by atoms with Crippen LogP contribution in [-0.2, 0) is 6.42 Å². The van der Waals surface area contributed by atoms with E-state index in [4.69, 9.17) is 11.6 Å². The van der Waals surface area contributed by atoms with Gasteiger partial charge in [-0.15, -0.1) is 11.6 Å². The Morgan fingerprint density at radius 3 is 2.62 bits per heavy atom. The van der Waals surface area contributed by atoms with Gasteiger partial charge in [0.15, 0.2) is 0 Å². The summed E-state index contributed by atoms with van der Waals surface area (Å²) in [5, 5.41) is 0. The predicted molar refractivity (Wildman–Crippen MR) is 76.5 cm³/mol. The first-order chi connectivity index (χ1) is 7.33. The maximum absolute atomic E-state index is 5.63. The summed E-state index contributed by atoms with van der Waals surface area (Å²) in [6.07, 6.45) is 6.84. The Bertz CT molecular complexity index is 302. The molecule has 0 N–H and O–H groups in total. The number of hydrogen-bond donors (Lipinski definition) is 0. The molecule has 0 nitrogen and oxygen atoms in total. The van der Waals surface area contributed by atoms with Gasteiger partial charge >= 0.3 is 23.1 Å². The van der Waals surface area contributed by atoms with Gasteiger partial charge in [0.1, 0.15) is 0 Å². The number of hydrogen-bond acceptors (Lipinski definition) is 0. The maximum atomic E-state index is 5.63. The minimum atomic E-state index is 0. The van der Waals surface area contributed by atoms with Gasteiger partial charge in [-0.2, -0.15) is 0 Å². The molecule has 1 aromatic carbocycles. The molecule has 0 aliphatic carbocycles. The van der Waals surface area contributed by atoms with E-state index in [2.05, 4.69) is 43.3 Å². The first kappa shape index (κ1) is 16.0. The van der Waals surface area contributed by atoms with Crippen LogP contribution in [-0.4, -0.2) is 28.9 Å². The summed E-state index contributed by atoms with van der Waals surface area (Å²) in [4.78, 5) is 0. The standard InChI is InChI=1S/C14H19Cl.Mg.2H/c1-13(8-6-12-15)7-5-11-14-9-3-2-4-10-14;;;/h2-4,8-10H,5-7,11-12H2,1H3;;;/q;+2;2*-1. The molecule has 0 radical (unpaired) electrons. The van der Waals surface area contributed by atoms with Crippen molar-refractivity contribution in [2.45, 2.75) is 32.6 Å². The first-order valence-corrected chi connectivity index (χ1v) is 6.12. The molecule has 0 spiro atoms. The molecule has 0 bridgehead atoms. The van der Waals surface area contributed by atoms with Crippen molar-refractivity contribution in [2.75, 3.05) is 5.88 Å². The van der Waals surface area contributed by atoms with Crippen molar-refractivity contribution in [1.82, 2.24) is 0 Å². The van der Waals surface area contributed by atoms with Gasteiger partial charge in [-0.05, 0) is 38.2 Å². The Kier molecular flexibility index (Phi) is 10.2. The second kappa shape index (κ2) is 10.2. The third-order valence-corrected chi connectivity index (χ3v) is 2.70. The molecule has 0 aliphatic heterocycles. The topological polar surface area (TPSA) is 0 Å². The van der Waals surface area contributed by atoms with Gasteiger partial charge in [-0.25, -0.2) is 0 Å². The Labute approximate surface area is 123 Å². The van der Waals surface area contributed by atoms with E-state index in [1.54, 1.807) is 0 Å². The average molecular weight is 249 g/mol. The fourth-order valence-electron chi connectivity index (χ4n) is 1.62. The molecule has 0 fully saturated rings. The third-order valence-electron chi connectivity index (χ3n) is 2.48. The zero-order valence-corrected chi connectivity index (χ0v) is 12.3. The van der Waals surface area contributed by atoms with Crippen LogP contribution < -0.4 is 0 Å². The molecular weight excluding hydrogens is 228 g/mol. The van der Waals surface area contributed by atoms with Crippen LogP contribution in [0.25, 0.3) is 0 Å². The van der Waals surface area contributed by atoms with Gasteiger partial charge in [-0.1, -0.05) is 42.0 Å². The van der Waals surface area contributed by atoms with Crippen molar-refractivity contribution in [3.63, 3.8) is 0 Å². The molecule has 0 saturated heterocycles. The van der Waals surface area contributed by atoms with Crippen molar-refractivity contribution in [3.05, 3.63) is 47.5 Å². The van der Waals surface area contributed by atoms with E-state index in [1.807, 2.05) is 0 Å². The van der Waals surface area contributed by atoms with E-state index < -0.39 is 0 Å².